The molecule has 0 spiro atoms. The number of nitrogens with zero attached hydrogens (tertiary/aromatic N) is 1. The van der Waals surface area contributed by atoms with Crippen molar-refractivity contribution in [2.24, 2.45) is 0 Å². The molecule has 1 aromatic heterocycles. The third kappa shape index (κ3) is 2.89. The van der Waals surface area contributed by atoms with Crippen LogP contribution in [0.2, 0.25) is 5.02 Å². The molecule has 0 bridgehead atoms. The largest absolute Gasteiger partial charge is 0.418 e. The third-order valence-electron chi connectivity index (χ3n) is 2.51. The summed E-state index contributed by atoms with van der Waals surface area (Å²) in [5.74, 6) is 0.481. The molecule has 0 unspecified atom stereocenters. The van der Waals surface area contributed by atoms with Crippen LogP contribution in [0.1, 0.15) is 0 Å². The van der Waals surface area contributed by atoms with E-state index >= 15 is 0 Å². The fraction of sp³-hybridized carbons (Fsp3) is 0. The topological polar surface area (TPSA) is 51.2 Å². The first-order valence-electron chi connectivity index (χ1n) is 5.81. The molecule has 2 aromatic carbocycles. The highest BCUT2D eigenvalue weighted by atomic mass is 35.5. The number of thiazole rings is 1. The van der Waals surface area contributed by atoms with Crippen LogP contribution < -0.4 is 10.1 Å². The van der Waals surface area contributed by atoms with E-state index < -0.39 is 6.09 Å². The summed E-state index contributed by atoms with van der Waals surface area (Å²) in [6.45, 7) is 0. The van der Waals surface area contributed by atoms with E-state index in [1.807, 2.05) is 18.2 Å². The average molecular weight is 305 g/mol. The summed E-state index contributed by atoms with van der Waals surface area (Å²) in [4.78, 5) is 16.0. The Morgan fingerprint density at radius 1 is 1.20 bits per heavy atom. The Balaban J connectivity index is 1.74. The summed E-state index contributed by atoms with van der Waals surface area (Å²) in [7, 11) is 0. The van der Waals surface area contributed by atoms with E-state index in [1.54, 1.807) is 30.3 Å². The van der Waals surface area contributed by atoms with Crippen molar-refractivity contribution in [3.05, 3.63) is 53.6 Å². The molecule has 3 aromatic rings. The molecule has 0 saturated carbocycles. The van der Waals surface area contributed by atoms with Crippen LogP contribution in [0, 0.1) is 0 Å². The molecule has 100 valence electrons. The minimum atomic E-state index is -0.568. The number of halogens is 1. The van der Waals surface area contributed by atoms with Crippen LogP contribution in [-0.2, 0) is 0 Å². The molecule has 1 amide bonds. The van der Waals surface area contributed by atoms with Gasteiger partial charge in [0.05, 0.1) is 10.2 Å². The predicted octanol–water partition coefficient (Wildman–Crippen LogP) is 4.56. The Bertz CT molecular complexity index is 758. The van der Waals surface area contributed by atoms with Crippen LogP contribution in [0.5, 0.6) is 5.75 Å². The van der Waals surface area contributed by atoms with Gasteiger partial charge in [0.25, 0.3) is 0 Å². The maximum atomic E-state index is 11.7. The zero-order valence-corrected chi connectivity index (χ0v) is 11.7. The molecular weight excluding hydrogens is 296 g/mol. The Morgan fingerprint density at radius 2 is 2.00 bits per heavy atom. The lowest BCUT2D eigenvalue weighted by Gasteiger charge is -2.03. The number of nitrogens with one attached hydrogen (secondary N) is 1. The first kappa shape index (κ1) is 12.9. The number of carbonyl (C=O) groups excluding carboxylic acids is 1. The van der Waals surface area contributed by atoms with E-state index in [0.717, 1.165) is 10.2 Å². The van der Waals surface area contributed by atoms with Crippen LogP contribution in [0.15, 0.2) is 48.5 Å². The number of ether oxygens (including phenoxy) is 1. The lowest BCUT2D eigenvalue weighted by Crippen LogP contribution is -2.16. The molecule has 1 N–H and O–H groups in total. The SMILES string of the molecule is O=C(Nc1nc2ccc(Cl)cc2s1)Oc1ccccc1. The van der Waals surface area contributed by atoms with Crippen molar-refractivity contribution < 1.29 is 9.53 Å². The normalized spacial score (nSPS) is 10.4. The highest BCUT2D eigenvalue weighted by molar-refractivity contribution is 7.22. The fourth-order valence-corrected chi connectivity index (χ4v) is 2.79. The van der Waals surface area contributed by atoms with Gasteiger partial charge >= 0.3 is 6.09 Å². The van der Waals surface area contributed by atoms with Gasteiger partial charge in [-0.2, -0.15) is 0 Å². The predicted molar refractivity (Wildman–Crippen MR) is 80.7 cm³/mol. The summed E-state index contributed by atoms with van der Waals surface area (Å²) in [6, 6.07) is 14.2. The Hall–Kier alpha value is -2.11. The molecule has 0 radical (unpaired) electrons. The number of fused-ring (bicyclic) bond motifs is 1. The minimum absolute atomic E-state index is 0.475. The Kier molecular flexibility index (Phi) is 3.54. The van der Waals surface area contributed by atoms with Crippen LogP contribution >= 0.6 is 22.9 Å². The van der Waals surface area contributed by atoms with Gasteiger partial charge in [-0.25, -0.2) is 9.78 Å². The molecule has 20 heavy (non-hydrogen) atoms. The standard InChI is InChI=1S/C14H9ClN2O2S/c15-9-6-7-11-12(8-9)20-13(16-11)17-14(18)19-10-4-2-1-3-5-10/h1-8H,(H,16,17,18). The second kappa shape index (κ2) is 5.48. The maximum Gasteiger partial charge on any atom is 0.418 e. The number of hydrogen-bond acceptors (Lipinski definition) is 4. The monoisotopic (exact) mass is 304 g/mol. The first-order chi connectivity index (χ1) is 9.70. The molecule has 0 aliphatic carbocycles. The van der Waals surface area contributed by atoms with Crippen molar-refractivity contribution >= 4 is 44.4 Å². The van der Waals surface area contributed by atoms with Crippen LogP contribution in [0.25, 0.3) is 10.2 Å². The number of anilines is 1. The summed E-state index contributed by atoms with van der Waals surface area (Å²) in [6.07, 6.45) is -0.568. The second-order valence-electron chi connectivity index (χ2n) is 3.96. The van der Waals surface area contributed by atoms with Gasteiger partial charge < -0.3 is 4.74 Å². The van der Waals surface area contributed by atoms with E-state index in [0.29, 0.717) is 15.9 Å². The summed E-state index contributed by atoms with van der Waals surface area (Å²) < 4.78 is 6.04. The number of carbonyl (C=O) groups is 1. The van der Waals surface area contributed by atoms with Crippen molar-refractivity contribution in [2.45, 2.75) is 0 Å². The molecule has 1 heterocycles. The van der Waals surface area contributed by atoms with Gasteiger partial charge in [0.1, 0.15) is 5.75 Å². The lowest BCUT2D eigenvalue weighted by molar-refractivity contribution is 0.215. The van der Waals surface area contributed by atoms with E-state index in [9.17, 15) is 4.79 Å². The number of para-hydroxylation sites is 1. The van der Waals surface area contributed by atoms with Gasteiger partial charge in [-0.1, -0.05) is 41.1 Å². The quantitative estimate of drug-likeness (QED) is 0.755. The van der Waals surface area contributed by atoms with Crippen molar-refractivity contribution in [3.8, 4) is 5.75 Å². The number of rotatable bonds is 2. The molecule has 0 atom stereocenters. The van der Waals surface area contributed by atoms with E-state index in [2.05, 4.69) is 10.3 Å². The average Bonchev–Trinajstić information content (AvgIpc) is 2.80. The number of amides is 1. The lowest BCUT2D eigenvalue weighted by atomic mass is 10.3. The molecule has 6 heteroatoms. The van der Waals surface area contributed by atoms with Gasteiger partial charge in [0.2, 0.25) is 0 Å². The molecule has 0 saturated heterocycles. The van der Waals surface area contributed by atoms with Crippen LogP contribution in [-0.4, -0.2) is 11.1 Å². The van der Waals surface area contributed by atoms with Crippen LogP contribution in [0.4, 0.5) is 9.93 Å². The fourth-order valence-electron chi connectivity index (χ4n) is 1.66. The third-order valence-corrected chi connectivity index (χ3v) is 3.68. The molecule has 0 aliphatic heterocycles. The van der Waals surface area contributed by atoms with Gasteiger partial charge in [0.15, 0.2) is 5.13 Å². The van der Waals surface area contributed by atoms with Crippen molar-refractivity contribution in [3.63, 3.8) is 0 Å². The molecule has 0 fully saturated rings. The zero-order valence-electron chi connectivity index (χ0n) is 10.2. The van der Waals surface area contributed by atoms with E-state index in [-0.39, 0.29) is 0 Å². The Labute approximate surface area is 124 Å². The highest BCUT2D eigenvalue weighted by Gasteiger charge is 2.09. The number of benzene rings is 2. The van der Waals surface area contributed by atoms with Gasteiger partial charge in [-0.05, 0) is 30.3 Å². The smallest absolute Gasteiger partial charge is 0.410 e. The van der Waals surface area contributed by atoms with Gasteiger partial charge in [0, 0.05) is 5.02 Å². The van der Waals surface area contributed by atoms with Crippen molar-refractivity contribution in [1.29, 1.82) is 0 Å². The van der Waals surface area contributed by atoms with Crippen molar-refractivity contribution in [2.75, 3.05) is 5.32 Å². The molecule has 0 aliphatic rings. The summed E-state index contributed by atoms with van der Waals surface area (Å²) in [5, 5.41) is 3.72. The van der Waals surface area contributed by atoms with E-state index in [1.165, 1.54) is 11.3 Å². The highest BCUT2D eigenvalue weighted by Crippen LogP contribution is 2.28. The number of aromatic nitrogens is 1. The number of hydrogen-bond donors (Lipinski definition) is 1. The van der Waals surface area contributed by atoms with Crippen LogP contribution in [0.3, 0.4) is 0 Å². The molecule has 4 nitrogen and oxygen atoms in total. The maximum absolute atomic E-state index is 11.7. The van der Waals surface area contributed by atoms with E-state index in [4.69, 9.17) is 16.3 Å². The van der Waals surface area contributed by atoms with Gasteiger partial charge in [-0.3, -0.25) is 5.32 Å². The second-order valence-corrected chi connectivity index (χ2v) is 5.43. The summed E-state index contributed by atoms with van der Waals surface area (Å²) >= 11 is 7.25. The molecule has 3 rings (SSSR count). The first-order valence-corrected chi connectivity index (χ1v) is 7.00. The Morgan fingerprint density at radius 3 is 2.80 bits per heavy atom. The molecular formula is C14H9ClN2O2S. The minimum Gasteiger partial charge on any atom is -0.410 e. The zero-order chi connectivity index (χ0) is 13.9. The summed E-state index contributed by atoms with van der Waals surface area (Å²) in [5.41, 5.74) is 0.786. The van der Waals surface area contributed by atoms with Gasteiger partial charge in [-0.15, -0.1) is 0 Å². The van der Waals surface area contributed by atoms with Crippen molar-refractivity contribution in [1.82, 2.24) is 4.98 Å².